The molecule has 2 rings (SSSR count). The van der Waals surface area contributed by atoms with Gasteiger partial charge in [-0.1, -0.05) is 24.6 Å². The van der Waals surface area contributed by atoms with E-state index in [4.69, 9.17) is 4.74 Å². The van der Waals surface area contributed by atoms with E-state index >= 15 is 0 Å². The molecule has 0 aliphatic carbocycles. The minimum atomic E-state index is -0.405. The number of aliphatic hydroxyl groups is 1. The third-order valence-corrected chi connectivity index (χ3v) is 4.34. The van der Waals surface area contributed by atoms with Crippen LogP contribution in [0.2, 0.25) is 0 Å². The fourth-order valence-electron chi connectivity index (χ4n) is 2.59. The SMILES string of the molecule is Cc1ccc(OCCCCNC(=O)N2CCC(C)C(O)C2)cc1. The maximum Gasteiger partial charge on any atom is 0.317 e. The number of aryl methyl sites for hydroxylation is 1. The van der Waals surface area contributed by atoms with Crippen molar-refractivity contribution in [2.45, 2.75) is 39.2 Å². The van der Waals surface area contributed by atoms with Crippen molar-refractivity contribution in [3.8, 4) is 5.75 Å². The van der Waals surface area contributed by atoms with Crippen molar-refractivity contribution in [3.05, 3.63) is 29.8 Å². The number of hydrogen-bond donors (Lipinski definition) is 2. The summed E-state index contributed by atoms with van der Waals surface area (Å²) in [6.07, 6.45) is 2.23. The van der Waals surface area contributed by atoms with Crippen molar-refractivity contribution in [1.29, 1.82) is 0 Å². The molecule has 1 aliphatic rings. The first-order valence-corrected chi connectivity index (χ1v) is 8.46. The van der Waals surface area contributed by atoms with Gasteiger partial charge in [0.2, 0.25) is 0 Å². The van der Waals surface area contributed by atoms with E-state index in [0.29, 0.717) is 19.7 Å². The number of β-amino-alcohol motifs (C(OH)–C–C–N with tert-alkyl or cyclic N) is 1. The van der Waals surface area contributed by atoms with Gasteiger partial charge in [0.25, 0.3) is 0 Å². The van der Waals surface area contributed by atoms with Gasteiger partial charge in [-0.15, -0.1) is 0 Å². The Morgan fingerprint density at radius 3 is 2.78 bits per heavy atom. The predicted molar refractivity (Wildman–Crippen MR) is 90.7 cm³/mol. The molecule has 1 aliphatic heterocycles. The lowest BCUT2D eigenvalue weighted by atomic mass is 9.96. The number of carbonyl (C=O) groups excluding carboxylic acids is 1. The van der Waals surface area contributed by atoms with E-state index < -0.39 is 6.10 Å². The van der Waals surface area contributed by atoms with Crippen LogP contribution in [0.5, 0.6) is 5.75 Å². The van der Waals surface area contributed by atoms with Crippen LogP contribution in [-0.4, -0.2) is 48.4 Å². The Kier molecular flexibility index (Phi) is 6.71. The van der Waals surface area contributed by atoms with Crippen molar-refractivity contribution >= 4 is 6.03 Å². The summed E-state index contributed by atoms with van der Waals surface area (Å²) in [5.74, 6) is 1.16. The molecule has 0 aromatic heterocycles. The molecule has 2 unspecified atom stereocenters. The first kappa shape index (κ1) is 17.6. The van der Waals surface area contributed by atoms with Gasteiger partial charge < -0.3 is 20.1 Å². The molecule has 0 spiro atoms. The second-order valence-electron chi connectivity index (χ2n) is 6.38. The normalized spacial score (nSPS) is 21.1. The topological polar surface area (TPSA) is 61.8 Å². The van der Waals surface area contributed by atoms with Crippen molar-refractivity contribution in [2.24, 2.45) is 5.92 Å². The number of carbonyl (C=O) groups is 1. The molecule has 5 nitrogen and oxygen atoms in total. The van der Waals surface area contributed by atoms with Gasteiger partial charge in [0, 0.05) is 19.6 Å². The number of urea groups is 1. The van der Waals surface area contributed by atoms with Gasteiger partial charge in [0.05, 0.1) is 12.7 Å². The lowest BCUT2D eigenvalue weighted by Crippen LogP contribution is -2.49. The zero-order valence-electron chi connectivity index (χ0n) is 14.1. The number of likely N-dealkylation sites (tertiary alicyclic amines) is 1. The molecule has 1 heterocycles. The molecule has 2 atom stereocenters. The summed E-state index contributed by atoms with van der Waals surface area (Å²) < 4.78 is 5.65. The fourth-order valence-corrected chi connectivity index (χ4v) is 2.59. The van der Waals surface area contributed by atoms with Crippen LogP contribution in [0.1, 0.15) is 31.7 Å². The largest absolute Gasteiger partial charge is 0.494 e. The summed E-state index contributed by atoms with van der Waals surface area (Å²) in [5, 5.41) is 12.7. The highest BCUT2D eigenvalue weighted by molar-refractivity contribution is 5.74. The van der Waals surface area contributed by atoms with Gasteiger partial charge in [-0.05, 0) is 44.2 Å². The van der Waals surface area contributed by atoms with E-state index in [1.807, 2.05) is 31.2 Å². The molecule has 1 saturated heterocycles. The molecule has 0 radical (unpaired) electrons. The van der Waals surface area contributed by atoms with Crippen LogP contribution in [0.3, 0.4) is 0 Å². The minimum Gasteiger partial charge on any atom is -0.494 e. The first-order chi connectivity index (χ1) is 11.1. The number of nitrogens with zero attached hydrogens (tertiary/aromatic N) is 1. The summed E-state index contributed by atoms with van der Waals surface area (Å²) in [7, 11) is 0. The molecule has 0 bridgehead atoms. The number of aliphatic hydroxyl groups excluding tert-OH is 1. The van der Waals surface area contributed by atoms with Gasteiger partial charge in [-0.3, -0.25) is 0 Å². The van der Waals surface area contributed by atoms with E-state index in [1.54, 1.807) is 4.90 Å². The second kappa shape index (κ2) is 8.77. The van der Waals surface area contributed by atoms with E-state index in [-0.39, 0.29) is 11.9 Å². The third kappa shape index (κ3) is 5.75. The molecule has 1 fully saturated rings. The molecular weight excluding hydrogens is 292 g/mol. The van der Waals surface area contributed by atoms with E-state index in [9.17, 15) is 9.90 Å². The second-order valence-corrected chi connectivity index (χ2v) is 6.38. The van der Waals surface area contributed by atoms with E-state index in [1.165, 1.54) is 5.56 Å². The summed E-state index contributed by atoms with van der Waals surface area (Å²) in [4.78, 5) is 13.7. The lowest BCUT2D eigenvalue weighted by Gasteiger charge is -2.34. The van der Waals surface area contributed by atoms with Crippen molar-refractivity contribution in [2.75, 3.05) is 26.2 Å². The molecule has 2 amide bonds. The molecular formula is C18H28N2O3. The zero-order valence-corrected chi connectivity index (χ0v) is 14.1. The highest BCUT2D eigenvalue weighted by Gasteiger charge is 2.26. The quantitative estimate of drug-likeness (QED) is 0.792. The monoisotopic (exact) mass is 320 g/mol. The Morgan fingerprint density at radius 1 is 1.35 bits per heavy atom. The Balaban J connectivity index is 1.55. The van der Waals surface area contributed by atoms with E-state index in [2.05, 4.69) is 12.2 Å². The van der Waals surface area contributed by atoms with Crippen LogP contribution in [0, 0.1) is 12.8 Å². The molecule has 1 aromatic carbocycles. The number of piperidine rings is 1. The van der Waals surface area contributed by atoms with Gasteiger partial charge in [0.15, 0.2) is 0 Å². The van der Waals surface area contributed by atoms with Gasteiger partial charge in [-0.25, -0.2) is 4.79 Å². The van der Waals surface area contributed by atoms with Crippen molar-refractivity contribution in [3.63, 3.8) is 0 Å². The molecule has 5 heteroatoms. The zero-order chi connectivity index (χ0) is 16.7. The number of nitrogens with one attached hydrogen (secondary N) is 1. The summed E-state index contributed by atoms with van der Waals surface area (Å²) >= 11 is 0. The highest BCUT2D eigenvalue weighted by Crippen LogP contribution is 2.16. The Hall–Kier alpha value is -1.75. The summed E-state index contributed by atoms with van der Waals surface area (Å²) in [5.41, 5.74) is 1.22. The molecule has 23 heavy (non-hydrogen) atoms. The van der Waals surface area contributed by atoms with Gasteiger partial charge in [0.1, 0.15) is 5.75 Å². The third-order valence-electron chi connectivity index (χ3n) is 4.34. The predicted octanol–water partition coefficient (Wildman–Crippen LogP) is 2.57. The minimum absolute atomic E-state index is 0.0737. The van der Waals surface area contributed by atoms with Gasteiger partial charge >= 0.3 is 6.03 Å². The van der Waals surface area contributed by atoms with E-state index in [0.717, 1.165) is 31.6 Å². The number of unbranched alkanes of at least 4 members (excludes halogenated alkanes) is 1. The Morgan fingerprint density at radius 2 is 2.09 bits per heavy atom. The van der Waals surface area contributed by atoms with Crippen molar-refractivity contribution in [1.82, 2.24) is 10.2 Å². The standard InChI is InChI=1S/C18H28N2O3/c1-14-5-7-16(8-6-14)23-12-4-3-10-19-18(22)20-11-9-15(2)17(21)13-20/h5-8,15,17,21H,3-4,9-13H2,1-2H3,(H,19,22). The number of ether oxygens (including phenoxy) is 1. The smallest absolute Gasteiger partial charge is 0.317 e. The van der Waals surface area contributed by atoms with Crippen LogP contribution in [0.4, 0.5) is 4.79 Å². The maximum atomic E-state index is 12.0. The Bertz CT molecular complexity index is 490. The summed E-state index contributed by atoms with van der Waals surface area (Å²) in [6, 6.07) is 7.93. The van der Waals surface area contributed by atoms with Crippen LogP contribution in [0.15, 0.2) is 24.3 Å². The maximum absolute atomic E-state index is 12.0. The molecule has 128 valence electrons. The lowest BCUT2D eigenvalue weighted by molar-refractivity contribution is 0.0436. The molecule has 2 N–H and O–H groups in total. The number of rotatable bonds is 6. The average molecular weight is 320 g/mol. The average Bonchev–Trinajstić information content (AvgIpc) is 2.54. The van der Waals surface area contributed by atoms with Crippen molar-refractivity contribution < 1.29 is 14.6 Å². The number of benzene rings is 1. The number of amides is 2. The van der Waals surface area contributed by atoms with Crippen LogP contribution < -0.4 is 10.1 Å². The Labute approximate surface area is 138 Å². The first-order valence-electron chi connectivity index (χ1n) is 8.46. The van der Waals surface area contributed by atoms with Crippen LogP contribution in [-0.2, 0) is 0 Å². The van der Waals surface area contributed by atoms with Crippen LogP contribution >= 0.6 is 0 Å². The molecule has 0 saturated carbocycles. The fraction of sp³-hybridized carbons (Fsp3) is 0.611. The van der Waals surface area contributed by atoms with Crippen LogP contribution in [0.25, 0.3) is 0 Å². The molecule has 1 aromatic rings. The van der Waals surface area contributed by atoms with Gasteiger partial charge in [-0.2, -0.15) is 0 Å². The number of hydrogen-bond acceptors (Lipinski definition) is 3. The highest BCUT2D eigenvalue weighted by atomic mass is 16.5. The summed E-state index contributed by atoms with van der Waals surface area (Å²) in [6.45, 7) is 6.52.